The maximum absolute atomic E-state index is 10.7. The molecule has 0 saturated heterocycles. The lowest BCUT2D eigenvalue weighted by Crippen LogP contribution is -2.00. The van der Waals surface area contributed by atoms with Gasteiger partial charge in [0.2, 0.25) is 0 Å². The molecule has 0 spiro atoms. The molecule has 0 bridgehead atoms. The van der Waals surface area contributed by atoms with Crippen molar-refractivity contribution in [3.05, 3.63) is 42.0 Å². The fourth-order valence-corrected chi connectivity index (χ4v) is 1.78. The van der Waals surface area contributed by atoms with Gasteiger partial charge in [0, 0.05) is 5.39 Å². The lowest BCUT2D eigenvalue weighted by molar-refractivity contribution is -0.136. The second-order valence-corrected chi connectivity index (χ2v) is 3.59. The number of hydrogen-bond acceptors (Lipinski definition) is 2. The number of methoxy groups -OCH3 is 1. The van der Waals surface area contributed by atoms with Crippen LogP contribution in [-0.4, -0.2) is 18.2 Å². The Bertz CT molecular complexity index is 532. The summed E-state index contributed by atoms with van der Waals surface area (Å²) in [4.78, 5) is 10.7. The molecule has 0 aliphatic heterocycles. The fraction of sp³-hybridized carbons (Fsp3) is 0.154. The normalized spacial score (nSPS) is 10.3. The molecule has 0 aromatic heterocycles. The standard InChI is InChI=1S/C13H12O3/c1-16-12-7-9(8-13(14)15)6-10-4-2-3-5-11(10)12/h2-7H,8H2,1H3,(H,14,15). The zero-order chi connectivity index (χ0) is 11.5. The fourth-order valence-electron chi connectivity index (χ4n) is 1.78. The quantitative estimate of drug-likeness (QED) is 0.857. The van der Waals surface area contributed by atoms with Gasteiger partial charge >= 0.3 is 5.97 Å². The van der Waals surface area contributed by atoms with Crippen molar-refractivity contribution in [1.29, 1.82) is 0 Å². The van der Waals surface area contributed by atoms with Crippen molar-refractivity contribution in [2.24, 2.45) is 0 Å². The summed E-state index contributed by atoms with van der Waals surface area (Å²) in [5.41, 5.74) is 0.753. The maximum atomic E-state index is 10.7. The zero-order valence-corrected chi connectivity index (χ0v) is 8.93. The van der Waals surface area contributed by atoms with E-state index in [0.717, 1.165) is 16.3 Å². The minimum atomic E-state index is -0.836. The molecule has 0 aliphatic carbocycles. The minimum absolute atomic E-state index is 0.0151. The Balaban J connectivity index is 2.58. The van der Waals surface area contributed by atoms with E-state index >= 15 is 0 Å². The molecular weight excluding hydrogens is 204 g/mol. The van der Waals surface area contributed by atoms with Crippen LogP contribution in [0.5, 0.6) is 5.75 Å². The van der Waals surface area contributed by atoms with E-state index in [4.69, 9.17) is 9.84 Å². The molecule has 0 amide bonds. The van der Waals surface area contributed by atoms with Crippen molar-refractivity contribution in [3.63, 3.8) is 0 Å². The molecule has 0 heterocycles. The molecule has 16 heavy (non-hydrogen) atoms. The summed E-state index contributed by atoms with van der Waals surface area (Å²) in [6, 6.07) is 11.4. The van der Waals surface area contributed by atoms with Crippen LogP contribution in [0.3, 0.4) is 0 Å². The third-order valence-corrected chi connectivity index (χ3v) is 2.46. The van der Waals surface area contributed by atoms with E-state index in [2.05, 4.69) is 0 Å². The van der Waals surface area contributed by atoms with Crippen LogP contribution >= 0.6 is 0 Å². The SMILES string of the molecule is COc1cc(CC(=O)O)cc2ccccc12. The molecule has 0 aliphatic rings. The summed E-state index contributed by atoms with van der Waals surface area (Å²) in [6.45, 7) is 0. The Morgan fingerprint density at radius 3 is 2.75 bits per heavy atom. The van der Waals surface area contributed by atoms with E-state index in [1.54, 1.807) is 13.2 Å². The third-order valence-electron chi connectivity index (χ3n) is 2.46. The number of aliphatic carboxylic acids is 1. The second-order valence-electron chi connectivity index (χ2n) is 3.59. The van der Waals surface area contributed by atoms with Gasteiger partial charge in [-0.2, -0.15) is 0 Å². The molecule has 2 rings (SSSR count). The number of benzene rings is 2. The first-order valence-electron chi connectivity index (χ1n) is 4.98. The summed E-state index contributed by atoms with van der Waals surface area (Å²) in [5, 5.41) is 10.8. The minimum Gasteiger partial charge on any atom is -0.496 e. The highest BCUT2D eigenvalue weighted by Gasteiger charge is 2.06. The van der Waals surface area contributed by atoms with Crippen molar-refractivity contribution < 1.29 is 14.6 Å². The Kier molecular flexibility index (Phi) is 2.77. The van der Waals surface area contributed by atoms with Crippen LogP contribution in [0, 0.1) is 0 Å². The van der Waals surface area contributed by atoms with Gasteiger partial charge in [0.15, 0.2) is 0 Å². The molecule has 0 saturated carbocycles. The molecule has 0 radical (unpaired) electrons. The number of fused-ring (bicyclic) bond motifs is 1. The van der Waals surface area contributed by atoms with Crippen molar-refractivity contribution in [2.45, 2.75) is 6.42 Å². The number of hydrogen-bond donors (Lipinski definition) is 1. The summed E-state index contributed by atoms with van der Waals surface area (Å²) in [6.07, 6.45) is 0.0151. The molecule has 82 valence electrons. The summed E-state index contributed by atoms with van der Waals surface area (Å²) in [7, 11) is 1.59. The number of carboxylic acid groups (broad SMARTS) is 1. The molecule has 3 nitrogen and oxygen atoms in total. The number of ether oxygens (including phenoxy) is 1. The molecule has 3 heteroatoms. The van der Waals surface area contributed by atoms with Gasteiger partial charge in [-0.1, -0.05) is 30.3 Å². The average Bonchev–Trinajstić information content (AvgIpc) is 2.27. The zero-order valence-electron chi connectivity index (χ0n) is 8.93. The first kappa shape index (κ1) is 10.5. The van der Waals surface area contributed by atoms with Crippen LogP contribution in [0.4, 0.5) is 0 Å². The van der Waals surface area contributed by atoms with E-state index in [1.165, 1.54) is 0 Å². The van der Waals surface area contributed by atoms with Crippen LogP contribution in [0.15, 0.2) is 36.4 Å². The van der Waals surface area contributed by atoms with Gasteiger partial charge in [-0.3, -0.25) is 4.79 Å². The van der Waals surface area contributed by atoms with Crippen molar-refractivity contribution in [3.8, 4) is 5.75 Å². The third kappa shape index (κ3) is 1.98. The molecular formula is C13H12O3. The van der Waals surface area contributed by atoms with Crippen molar-refractivity contribution in [1.82, 2.24) is 0 Å². The van der Waals surface area contributed by atoms with Crippen molar-refractivity contribution >= 4 is 16.7 Å². The molecule has 1 N–H and O–H groups in total. The van der Waals surface area contributed by atoms with Gasteiger partial charge in [0.25, 0.3) is 0 Å². The first-order valence-corrected chi connectivity index (χ1v) is 4.98. The smallest absolute Gasteiger partial charge is 0.307 e. The number of carboxylic acids is 1. The van der Waals surface area contributed by atoms with Crippen LogP contribution in [0.1, 0.15) is 5.56 Å². The first-order chi connectivity index (χ1) is 7.70. The van der Waals surface area contributed by atoms with Crippen LogP contribution in [-0.2, 0) is 11.2 Å². The van der Waals surface area contributed by atoms with Crippen molar-refractivity contribution in [2.75, 3.05) is 7.11 Å². The molecule has 0 fully saturated rings. The van der Waals surface area contributed by atoms with Gasteiger partial charge in [-0.25, -0.2) is 0 Å². The highest BCUT2D eigenvalue weighted by atomic mass is 16.5. The van der Waals surface area contributed by atoms with Crippen LogP contribution in [0.2, 0.25) is 0 Å². The highest BCUT2D eigenvalue weighted by Crippen LogP contribution is 2.27. The van der Waals surface area contributed by atoms with Gasteiger partial charge in [0.1, 0.15) is 5.75 Å². The van der Waals surface area contributed by atoms with Gasteiger partial charge < -0.3 is 9.84 Å². The molecule has 0 unspecified atom stereocenters. The lowest BCUT2D eigenvalue weighted by atomic mass is 10.0. The number of carbonyl (C=O) groups is 1. The van der Waals surface area contributed by atoms with Gasteiger partial charge in [-0.05, 0) is 17.0 Å². The van der Waals surface area contributed by atoms with E-state index in [9.17, 15) is 4.79 Å². The van der Waals surface area contributed by atoms with Crippen LogP contribution < -0.4 is 4.74 Å². The van der Waals surface area contributed by atoms with Gasteiger partial charge in [0.05, 0.1) is 13.5 Å². The Labute approximate surface area is 93.3 Å². The Morgan fingerprint density at radius 2 is 2.06 bits per heavy atom. The molecule has 2 aromatic carbocycles. The van der Waals surface area contributed by atoms with E-state index in [0.29, 0.717) is 5.75 Å². The van der Waals surface area contributed by atoms with Crippen LogP contribution in [0.25, 0.3) is 10.8 Å². The Hall–Kier alpha value is -2.03. The summed E-state index contributed by atoms with van der Waals surface area (Å²) < 4.78 is 5.26. The largest absolute Gasteiger partial charge is 0.496 e. The van der Waals surface area contributed by atoms with E-state index < -0.39 is 5.97 Å². The summed E-state index contributed by atoms with van der Waals surface area (Å²) in [5.74, 6) is -0.119. The average molecular weight is 216 g/mol. The topological polar surface area (TPSA) is 46.5 Å². The highest BCUT2D eigenvalue weighted by molar-refractivity contribution is 5.89. The second kappa shape index (κ2) is 4.23. The Morgan fingerprint density at radius 1 is 1.31 bits per heavy atom. The maximum Gasteiger partial charge on any atom is 0.307 e. The monoisotopic (exact) mass is 216 g/mol. The molecule has 0 atom stereocenters. The number of rotatable bonds is 3. The molecule has 2 aromatic rings. The van der Waals surface area contributed by atoms with E-state index in [-0.39, 0.29) is 6.42 Å². The lowest BCUT2D eigenvalue weighted by Gasteiger charge is -2.07. The summed E-state index contributed by atoms with van der Waals surface area (Å²) >= 11 is 0. The predicted molar refractivity (Wildman–Crippen MR) is 61.8 cm³/mol. The van der Waals surface area contributed by atoms with E-state index in [1.807, 2.05) is 30.3 Å². The predicted octanol–water partition coefficient (Wildman–Crippen LogP) is 2.48. The van der Waals surface area contributed by atoms with Gasteiger partial charge in [-0.15, -0.1) is 0 Å².